The van der Waals surface area contributed by atoms with Gasteiger partial charge in [-0.05, 0) is 55.3 Å². The second-order valence-electron chi connectivity index (χ2n) is 12.9. The third-order valence-corrected chi connectivity index (χ3v) is 10.1. The molecular formula is C41H33N3. The fraction of sp³-hybridized carbons (Fsp3) is 0.146. The van der Waals surface area contributed by atoms with Gasteiger partial charge in [0.25, 0.3) is 0 Å². The highest BCUT2D eigenvalue weighted by Gasteiger charge is 2.46. The zero-order valence-corrected chi connectivity index (χ0v) is 25.5. The van der Waals surface area contributed by atoms with Gasteiger partial charge in [-0.25, -0.2) is 15.0 Å². The summed E-state index contributed by atoms with van der Waals surface area (Å²) in [7, 11) is 0. The van der Waals surface area contributed by atoms with Crippen molar-refractivity contribution in [2.45, 2.75) is 38.5 Å². The molecule has 8 rings (SSSR count). The molecular weight excluding hydrogens is 534 g/mol. The molecule has 1 aliphatic rings. The summed E-state index contributed by atoms with van der Waals surface area (Å²) in [6, 6.07) is 45.0. The van der Waals surface area contributed by atoms with Crippen molar-refractivity contribution in [3.63, 3.8) is 0 Å². The van der Waals surface area contributed by atoms with Crippen molar-refractivity contribution in [2.75, 3.05) is 0 Å². The minimum atomic E-state index is -0.0592. The highest BCUT2D eigenvalue weighted by atomic mass is 15.0. The smallest absolute Gasteiger partial charge is 0.164 e. The van der Waals surface area contributed by atoms with Crippen LogP contribution in [0.4, 0.5) is 0 Å². The molecule has 3 nitrogen and oxygen atoms in total. The summed E-state index contributed by atoms with van der Waals surface area (Å²) in [6.45, 7) is 9.60. The minimum absolute atomic E-state index is 0.0186. The molecule has 1 aliphatic carbocycles. The Morgan fingerprint density at radius 3 is 1.61 bits per heavy atom. The Morgan fingerprint density at radius 2 is 0.955 bits per heavy atom. The summed E-state index contributed by atoms with van der Waals surface area (Å²) in [5.74, 6) is 2.01. The third kappa shape index (κ3) is 3.92. The fourth-order valence-corrected chi connectivity index (χ4v) is 7.03. The third-order valence-electron chi connectivity index (χ3n) is 10.1. The van der Waals surface area contributed by atoms with Crippen molar-refractivity contribution in [2.24, 2.45) is 0 Å². The molecule has 212 valence electrons. The van der Waals surface area contributed by atoms with E-state index in [1.807, 2.05) is 60.7 Å². The van der Waals surface area contributed by atoms with Crippen molar-refractivity contribution in [3.05, 3.63) is 139 Å². The van der Waals surface area contributed by atoms with Crippen molar-refractivity contribution in [3.8, 4) is 45.3 Å². The summed E-state index contributed by atoms with van der Waals surface area (Å²) >= 11 is 0. The maximum absolute atomic E-state index is 4.96. The number of nitrogens with zero attached hydrogens (tertiary/aromatic N) is 3. The molecule has 0 saturated heterocycles. The van der Waals surface area contributed by atoms with E-state index in [-0.39, 0.29) is 10.8 Å². The lowest BCUT2D eigenvalue weighted by Gasteiger charge is -2.48. The predicted molar refractivity (Wildman–Crippen MR) is 183 cm³/mol. The second kappa shape index (κ2) is 9.68. The number of benzene rings is 6. The number of fused-ring (bicyclic) bond motifs is 7. The van der Waals surface area contributed by atoms with Crippen LogP contribution >= 0.6 is 0 Å². The molecule has 0 radical (unpaired) electrons. The van der Waals surface area contributed by atoms with Gasteiger partial charge in [0.05, 0.1) is 0 Å². The van der Waals surface area contributed by atoms with Gasteiger partial charge in [-0.2, -0.15) is 0 Å². The van der Waals surface area contributed by atoms with Gasteiger partial charge in [-0.3, -0.25) is 0 Å². The van der Waals surface area contributed by atoms with E-state index in [2.05, 4.69) is 94.4 Å². The zero-order valence-electron chi connectivity index (χ0n) is 25.5. The van der Waals surface area contributed by atoms with Gasteiger partial charge in [-0.1, -0.05) is 149 Å². The largest absolute Gasteiger partial charge is 0.208 e. The molecule has 7 aromatic rings. The molecule has 0 saturated carbocycles. The van der Waals surface area contributed by atoms with E-state index < -0.39 is 0 Å². The Balaban J connectivity index is 1.31. The monoisotopic (exact) mass is 567 g/mol. The average Bonchev–Trinajstić information content (AvgIpc) is 3.07. The molecule has 44 heavy (non-hydrogen) atoms. The number of hydrogen-bond acceptors (Lipinski definition) is 3. The van der Waals surface area contributed by atoms with Crippen LogP contribution in [0, 0.1) is 0 Å². The lowest BCUT2D eigenvalue weighted by molar-refractivity contribution is 0.301. The normalized spacial score (nSPS) is 14.7. The van der Waals surface area contributed by atoms with Crippen molar-refractivity contribution < 1.29 is 0 Å². The minimum Gasteiger partial charge on any atom is -0.208 e. The molecule has 6 aromatic carbocycles. The van der Waals surface area contributed by atoms with Crippen LogP contribution in [0.2, 0.25) is 0 Å². The molecule has 0 aliphatic heterocycles. The molecule has 0 N–H and O–H groups in total. The van der Waals surface area contributed by atoms with Gasteiger partial charge in [0.2, 0.25) is 0 Å². The summed E-state index contributed by atoms with van der Waals surface area (Å²) in [4.78, 5) is 14.8. The summed E-state index contributed by atoms with van der Waals surface area (Å²) < 4.78 is 0. The van der Waals surface area contributed by atoms with Crippen LogP contribution in [-0.4, -0.2) is 15.0 Å². The van der Waals surface area contributed by atoms with Crippen LogP contribution in [-0.2, 0) is 10.8 Å². The van der Waals surface area contributed by atoms with Crippen molar-refractivity contribution in [1.82, 2.24) is 15.0 Å². The van der Waals surface area contributed by atoms with Crippen molar-refractivity contribution in [1.29, 1.82) is 0 Å². The van der Waals surface area contributed by atoms with Crippen LogP contribution < -0.4 is 0 Å². The van der Waals surface area contributed by atoms with Gasteiger partial charge in [0.1, 0.15) is 0 Å². The van der Waals surface area contributed by atoms with Gasteiger partial charge in [-0.15, -0.1) is 0 Å². The first-order valence-electron chi connectivity index (χ1n) is 15.3. The Morgan fingerprint density at radius 1 is 0.409 bits per heavy atom. The molecule has 0 bridgehead atoms. The standard InChI is InChI=1S/C41H33N3/c1-40(2)35-18-12-11-17-32(35)34-24-23-31-30-21-20-29(25-28(30)19-22-33(31)36(34)41(40,3)4)39-43-37(26-13-7-5-8-14-26)42-38(44-39)27-15-9-6-10-16-27/h5-25H,1-4H3. The molecule has 0 spiro atoms. The Labute approximate surface area is 258 Å². The topological polar surface area (TPSA) is 38.7 Å². The Kier molecular flexibility index (Phi) is 5.83. The Hall–Kier alpha value is -5.15. The highest BCUT2D eigenvalue weighted by Crippen LogP contribution is 2.55. The van der Waals surface area contributed by atoms with E-state index in [9.17, 15) is 0 Å². The van der Waals surface area contributed by atoms with E-state index in [0.717, 1.165) is 16.7 Å². The van der Waals surface area contributed by atoms with Crippen LogP contribution in [0.5, 0.6) is 0 Å². The van der Waals surface area contributed by atoms with E-state index in [4.69, 9.17) is 15.0 Å². The maximum Gasteiger partial charge on any atom is 0.164 e. The van der Waals surface area contributed by atoms with Crippen molar-refractivity contribution >= 4 is 21.5 Å². The lowest BCUT2D eigenvalue weighted by Crippen LogP contribution is -2.43. The summed E-state index contributed by atoms with van der Waals surface area (Å²) in [5, 5.41) is 5.02. The SMILES string of the molecule is CC1(C)c2ccccc2-c2ccc3c(ccc4cc(-c5nc(-c6ccccc6)nc(-c6ccccc6)n5)ccc43)c2C1(C)C. The fourth-order valence-electron chi connectivity index (χ4n) is 7.03. The number of hydrogen-bond donors (Lipinski definition) is 0. The molecule has 1 heterocycles. The van der Waals surface area contributed by atoms with Crippen LogP contribution in [0.25, 0.3) is 66.8 Å². The highest BCUT2D eigenvalue weighted by molar-refractivity contribution is 6.11. The zero-order chi connectivity index (χ0) is 30.1. The van der Waals surface area contributed by atoms with E-state index in [0.29, 0.717) is 17.5 Å². The molecule has 0 atom stereocenters. The Bertz CT molecular complexity index is 2160. The number of rotatable bonds is 3. The quantitative estimate of drug-likeness (QED) is 0.199. The first kappa shape index (κ1) is 26.5. The summed E-state index contributed by atoms with van der Waals surface area (Å²) in [6.07, 6.45) is 0. The van der Waals surface area contributed by atoms with E-state index in [1.165, 1.54) is 43.8 Å². The van der Waals surface area contributed by atoms with Gasteiger partial charge < -0.3 is 0 Å². The molecule has 0 unspecified atom stereocenters. The van der Waals surface area contributed by atoms with Gasteiger partial charge in [0, 0.05) is 22.1 Å². The van der Waals surface area contributed by atoms with Gasteiger partial charge in [0.15, 0.2) is 17.5 Å². The van der Waals surface area contributed by atoms with Crippen LogP contribution in [0.1, 0.15) is 38.8 Å². The number of aromatic nitrogens is 3. The average molecular weight is 568 g/mol. The molecule has 1 aromatic heterocycles. The lowest BCUT2D eigenvalue weighted by atomic mass is 9.55. The van der Waals surface area contributed by atoms with Gasteiger partial charge >= 0.3 is 0 Å². The second-order valence-corrected chi connectivity index (χ2v) is 12.9. The first-order chi connectivity index (χ1) is 21.3. The predicted octanol–water partition coefficient (Wildman–Crippen LogP) is 10.4. The van der Waals surface area contributed by atoms with Crippen LogP contribution in [0.15, 0.2) is 127 Å². The first-order valence-corrected chi connectivity index (χ1v) is 15.3. The molecule has 3 heteroatoms. The van der Waals surface area contributed by atoms with E-state index >= 15 is 0 Å². The molecule has 0 amide bonds. The maximum atomic E-state index is 4.96. The summed E-state index contributed by atoms with van der Waals surface area (Å²) in [5.41, 5.74) is 8.39. The molecule has 0 fully saturated rings. The van der Waals surface area contributed by atoms with Crippen LogP contribution in [0.3, 0.4) is 0 Å². The van der Waals surface area contributed by atoms with E-state index in [1.54, 1.807) is 0 Å².